The van der Waals surface area contributed by atoms with Crippen molar-refractivity contribution in [1.29, 1.82) is 0 Å². The number of amides is 1. The van der Waals surface area contributed by atoms with E-state index in [2.05, 4.69) is 14.5 Å². The van der Waals surface area contributed by atoms with Gasteiger partial charge < -0.3 is 15.2 Å². The Morgan fingerprint density at radius 3 is 2.57 bits per heavy atom. The Hall–Kier alpha value is -2.65. The van der Waals surface area contributed by atoms with Crippen LogP contribution in [0.4, 0.5) is 10.2 Å². The number of carbonyl (C=O) groups excluding carboxylic acids is 1. The number of aromatic nitrogens is 3. The summed E-state index contributed by atoms with van der Waals surface area (Å²) in [5.74, 6) is 0.735. The third kappa shape index (κ3) is 5.02. The molecule has 35 heavy (non-hydrogen) atoms. The lowest BCUT2D eigenvalue weighted by molar-refractivity contribution is -0.138. The summed E-state index contributed by atoms with van der Waals surface area (Å²) in [6.07, 6.45) is 7.26. The summed E-state index contributed by atoms with van der Waals surface area (Å²) in [4.78, 5) is 26.5. The molecule has 7 nitrogen and oxygen atoms in total. The van der Waals surface area contributed by atoms with E-state index in [-0.39, 0.29) is 17.8 Å². The van der Waals surface area contributed by atoms with E-state index in [0.717, 1.165) is 80.2 Å². The number of thioether (sulfide) groups is 1. The number of likely N-dealkylation sites (tertiary alicyclic amines) is 2. The number of nitrogen functional groups attached to an aromatic ring is 1. The molecule has 2 fully saturated rings. The molecule has 4 heterocycles. The third-order valence-corrected chi connectivity index (χ3v) is 8.10. The monoisotopic (exact) mass is 496 g/mol. The number of carbonyl (C=O) groups is 1. The molecule has 0 radical (unpaired) electrons. The third-order valence-electron chi connectivity index (χ3n) is 7.45. The minimum atomic E-state index is -0.197. The molecule has 1 amide bonds. The second-order valence-corrected chi connectivity index (χ2v) is 10.5. The number of nitrogens with zero attached hydrogens (tertiary/aromatic N) is 5. The highest BCUT2D eigenvalue weighted by atomic mass is 32.2. The van der Waals surface area contributed by atoms with Gasteiger partial charge in [0.15, 0.2) is 5.16 Å². The lowest BCUT2D eigenvalue weighted by Crippen LogP contribution is -2.45. The number of nitrogens with two attached hydrogens (primary N) is 1. The van der Waals surface area contributed by atoms with Gasteiger partial charge in [-0.25, -0.2) is 14.4 Å². The number of aryl methyl sites for hydroxylation is 1. The molecule has 2 aliphatic heterocycles. The largest absolute Gasteiger partial charge is 0.384 e. The molecule has 2 aromatic heterocycles. The Bertz CT molecular complexity index is 1210. The minimum absolute atomic E-state index is 0.0956. The topological polar surface area (TPSA) is 80.3 Å². The number of pyridine rings is 1. The Labute approximate surface area is 209 Å². The molecule has 0 atom stereocenters. The molecular formula is C26H33FN6OS. The quantitative estimate of drug-likeness (QED) is 0.532. The Morgan fingerprint density at radius 1 is 1.14 bits per heavy atom. The Kier molecular flexibility index (Phi) is 6.98. The maximum atomic E-state index is 14.3. The van der Waals surface area contributed by atoms with Gasteiger partial charge in [-0.1, -0.05) is 11.8 Å². The van der Waals surface area contributed by atoms with E-state index in [1.54, 1.807) is 30.9 Å². The summed E-state index contributed by atoms with van der Waals surface area (Å²) in [7, 11) is 0. The van der Waals surface area contributed by atoms with Gasteiger partial charge in [0.05, 0.1) is 11.0 Å². The Balaban J connectivity index is 1.18. The predicted molar refractivity (Wildman–Crippen MR) is 138 cm³/mol. The van der Waals surface area contributed by atoms with E-state index in [4.69, 9.17) is 10.7 Å². The van der Waals surface area contributed by atoms with E-state index in [0.29, 0.717) is 17.3 Å². The first-order chi connectivity index (χ1) is 16.9. The molecule has 1 aromatic carbocycles. The normalized spacial score (nSPS) is 18.4. The zero-order chi connectivity index (χ0) is 24.5. The maximum absolute atomic E-state index is 14.3. The smallest absolute Gasteiger partial charge is 0.225 e. The van der Waals surface area contributed by atoms with Crippen molar-refractivity contribution in [3.63, 3.8) is 0 Å². The number of hydrogen-bond acceptors (Lipinski definition) is 6. The number of fused-ring (bicyclic) bond motifs is 1. The first-order valence-corrected chi connectivity index (χ1v) is 13.6. The zero-order valence-corrected chi connectivity index (χ0v) is 21.2. The SMILES string of the molecule is CSc1nc2cc(C)c(F)cc2n1C1CCN(C(=O)C2CCN(Cc3ccnc(N)c3)CC2)CC1. The van der Waals surface area contributed by atoms with E-state index in [1.807, 2.05) is 29.4 Å². The van der Waals surface area contributed by atoms with Crippen molar-refractivity contribution in [2.45, 2.75) is 50.4 Å². The molecule has 0 aliphatic carbocycles. The van der Waals surface area contributed by atoms with Crippen molar-refractivity contribution in [1.82, 2.24) is 24.3 Å². The van der Waals surface area contributed by atoms with Crippen LogP contribution in [0.2, 0.25) is 0 Å². The van der Waals surface area contributed by atoms with Crippen LogP contribution in [0.5, 0.6) is 0 Å². The average Bonchev–Trinajstić information content (AvgIpc) is 3.21. The number of imidazole rings is 1. The molecule has 2 saturated heterocycles. The molecule has 0 spiro atoms. The number of hydrogen-bond donors (Lipinski definition) is 1. The molecule has 9 heteroatoms. The molecule has 2 N–H and O–H groups in total. The lowest BCUT2D eigenvalue weighted by Gasteiger charge is -2.38. The average molecular weight is 497 g/mol. The van der Waals surface area contributed by atoms with Gasteiger partial charge in [0.25, 0.3) is 0 Å². The fourth-order valence-corrected chi connectivity index (χ4v) is 6.12. The molecule has 2 aliphatic rings. The zero-order valence-electron chi connectivity index (χ0n) is 20.4. The minimum Gasteiger partial charge on any atom is -0.384 e. The summed E-state index contributed by atoms with van der Waals surface area (Å²) < 4.78 is 16.5. The fourth-order valence-electron chi connectivity index (χ4n) is 5.49. The van der Waals surface area contributed by atoms with Crippen LogP contribution in [0.3, 0.4) is 0 Å². The summed E-state index contributed by atoms with van der Waals surface area (Å²) in [5.41, 5.74) is 9.28. The predicted octanol–water partition coefficient (Wildman–Crippen LogP) is 4.26. The van der Waals surface area contributed by atoms with Crippen molar-refractivity contribution in [3.8, 4) is 0 Å². The Morgan fingerprint density at radius 2 is 1.89 bits per heavy atom. The van der Waals surface area contributed by atoms with Crippen molar-refractivity contribution < 1.29 is 9.18 Å². The van der Waals surface area contributed by atoms with E-state index < -0.39 is 0 Å². The maximum Gasteiger partial charge on any atom is 0.225 e. The van der Waals surface area contributed by atoms with E-state index in [1.165, 1.54) is 0 Å². The molecule has 0 unspecified atom stereocenters. The molecule has 3 aromatic rings. The van der Waals surface area contributed by atoms with Crippen LogP contribution in [-0.4, -0.2) is 62.7 Å². The van der Waals surface area contributed by atoms with Gasteiger partial charge in [-0.05, 0) is 81.3 Å². The van der Waals surface area contributed by atoms with Crippen LogP contribution in [0, 0.1) is 18.7 Å². The van der Waals surface area contributed by atoms with Gasteiger partial charge in [-0.2, -0.15) is 0 Å². The number of piperidine rings is 2. The summed E-state index contributed by atoms with van der Waals surface area (Å²) in [6.45, 7) is 5.92. The first kappa shape index (κ1) is 24.1. The van der Waals surface area contributed by atoms with Crippen LogP contribution >= 0.6 is 11.8 Å². The van der Waals surface area contributed by atoms with Gasteiger partial charge in [-0.15, -0.1) is 0 Å². The highest BCUT2D eigenvalue weighted by Gasteiger charge is 2.32. The number of benzene rings is 1. The van der Waals surface area contributed by atoms with Crippen molar-refractivity contribution >= 4 is 34.5 Å². The number of anilines is 1. The highest BCUT2D eigenvalue weighted by Crippen LogP contribution is 2.34. The number of rotatable bonds is 5. The number of halogens is 1. The van der Waals surface area contributed by atoms with Gasteiger partial charge >= 0.3 is 0 Å². The standard InChI is InChI=1S/C26H33FN6OS/c1-17-13-22-23(15-21(17)27)33(26(30-22)35-2)20-6-11-32(12-7-20)25(34)19-4-9-31(10-5-19)16-18-3-8-29-24(28)14-18/h3,8,13-15,19-20H,4-7,9-12,16H2,1-2H3,(H2,28,29). The highest BCUT2D eigenvalue weighted by molar-refractivity contribution is 7.98. The van der Waals surface area contributed by atoms with Crippen LogP contribution in [0.1, 0.15) is 42.9 Å². The van der Waals surface area contributed by atoms with Crippen LogP contribution in [0.15, 0.2) is 35.6 Å². The van der Waals surface area contributed by atoms with Crippen molar-refractivity contribution in [2.24, 2.45) is 5.92 Å². The van der Waals surface area contributed by atoms with Gasteiger partial charge in [-0.3, -0.25) is 9.69 Å². The van der Waals surface area contributed by atoms with Gasteiger partial charge in [0, 0.05) is 43.9 Å². The molecule has 5 rings (SSSR count). The second kappa shape index (κ2) is 10.1. The first-order valence-electron chi connectivity index (χ1n) is 12.4. The van der Waals surface area contributed by atoms with Crippen LogP contribution in [0.25, 0.3) is 11.0 Å². The lowest BCUT2D eigenvalue weighted by atomic mass is 9.93. The van der Waals surface area contributed by atoms with Gasteiger partial charge in [0.1, 0.15) is 11.6 Å². The fraction of sp³-hybridized carbons (Fsp3) is 0.500. The van der Waals surface area contributed by atoms with Crippen molar-refractivity contribution in [2.75, 3.05) is 38.2 Å². The second-order valence-electron chi connectivity index (χ2n) is 9.75. The molecule has 0 bridgehead atoms. The van der Waals surface area contributed by atoms with Crippen LogP contribution in [-0.2, 0) is 11.3 Å². The van der Waals surface area contributed by atoms with E-state index >= 15 is 0 Å². The molecular weight excluding hydrogens is 463 g/mol. The summed E-state index contributed by atoms with van der Waals surface area (Å²) in [5, 5.41) is 0.915. The van der Waals surface area contributed by atoms with E-state index in [9.17, 15) is 9.18 Å². The summed E-state index contributed by atoms with van der Waals surface area (Å²) in [6, 6.07) is 7.59. The van der Waals surface area contributed by atoms with Gasteiger partial charge in [0.2, 0.25) is 5.91 Å². The van der Waals surface area contributed by atoms with Crippen molar-refractivity contribution in [3.05, 3.63) is 47.4 Å². The molecule has 0 saturated carbocycles. The van der Waals surface area contributed by atoms with Crippen LogP contribution < -0.4 is 5.73 Å². The summed E-state index contributed by atoms with van der Waals surface area (Å²) >= 11 is 1.59. The molecule has 186 valence electrons.